The molecule has 0 saturated carbocycles. The van der Waals surface area contributed by atoms with Crippen molar-refractivity contribution in [1.29, 1.82) is 0 Å². The van der Waals surface area contributed by atoms with Crippen LogP contribution in [0.1, 0.15) is 11.1 Å². The number of phenolic OH excluding ortho intramolecular Hbond substituents is 1. The summed E-state index contributed by atoms with van der Waals surface area (Å²) in [4.78, 5) is 37.7. The number of amides is 3. The average Bonchev–Trinajstić information content (AvgIpc) is 2.91. The Morgan fingerprint density at radius 1 is 1.19 bits per heavy atom. The van der Waals surface area contributed by atoms with Gasteiger partial charge in [-0.3, -0.25) is 19.3 Å². The number of rotatable bonds is 5. The van der Waals surface area contributed by atoms with Crippen molar-refractivity contribution in [2.75, 3.05) is 6.54 Å². The average molecular weight is 447 g/mol. The highest BCUT2D eigenvalue weighted by molar-refractivity contribution is 9.10. The normalized spacial score (nSPS) is 15.4. The van der Waals surface area contributed by atoms with Crippen molar-refractivity contribution in [3.63, 3.8) is 0 Å². The number of halogens is 1. The SMILES string of the molecule is O=C(CN1C(=O)S/C(=C\c2cc(Br)ccc2O)C1=O)NCc1ccccc1. The van der Waals surface area contributed by atoms with Gasteiger partial charge in [0.15, 0.2) is 0 Å². The smallest absolute Gasteiger partial charge is 0.294 e. The van der Waals surface area contributed by atoms with Gasteiger partial charge < -0.3 is 10.4 Å². The lowest BCUT2D eigenvalue weighted by Crippen LogP contribution is -2.39. The Balaban J connectivity index is 1.66. The Bertz CT molecular complexity index is 931. The first kappa shape index (κ1) is 19.2. The maximum absolute atomic E-state index is 12.5. The third-order valence-electron chi connectivity index (χ3n) is 3.78. The molecule has 0 aromatic heterocycles. The molecule has 0 radical (unpaired) electrons. The third-order valence-corrected chi connectivity index (χ3v) is 5.18. The standard InChI is InChI=1S/C19H15BrN2O4S/c20-14-6-7-15(23)13(8-14)9-16-18(25)22(19(26)27-16)11-17(24)21-10-12-4-2-1-3-5-12/h1-9,23H,10-11H2,(H,21,24)/b16-9-. The van der Waals surface area contributed by atoms with Crippen molar-refractivity contribution in [2.24, 2.45) is 0 Å². The lowest BCUT2D eigenvalue weighted by atomic mass is 10.2. The van der Waals surface area contributed by atoms with Crippen LogP contribution in [0.3, 0.4) is 0 Å². The summed E-state index contributed by atoms with van der Waals surface area (Å²) in [5.74, 6) is -0.988. The van der Waals surface area contributed by atoms with Crippen molar-refractivity contribution < 1.29 is 19.5 Å². The van der Waals surface area contributed by atoms with Gasteiger partial charge in [0.25, 0.3) is 11.1 Å². The van der Waals surface area contributed by atoms with Gasteiger partial charge in [0.2, 0.25) is 5.91 Å². The number of thioether (sulfide) groups is 1. The van der Waals surface area contributed by atoms with Crippen molar-refractivity contribution in [3.05, 3.63) is 69.0 Å². The molecular weight excluding hydrogens is 432 g/mol. The van der Waals surface area contributed by atoms with E-state index in [0.717, 1.165) is 26.7 Å². The number of hydrogen-bond acceptors (Lipinski definition) is 5. The van der Waals surface area contributed by atoms with E-state index in [1.807, 2.05) is 30.3 Å². The highest BCUT2D eigenvalue weighted by Crippen LogP contribution is 2.34. The maximum Gasteiger partial charge on any atom is 0.294 e. The van der Waals surface area contributed by atoms with E-state index in [0.29, 0.717) is 12.1 Å². The molecule has 2 aromatic rings. The second-order valence-corrected chi connectivity index (χ2v) is 7.64. The number of benzene rings is 2. The Kier molecular flexibility index (Phi) is 5.98. The fraction of sp³-hybridized carbons (Fsp3) is 0.105. The Hall–Kier alpha value is -2.58. The molecule has 27 heavy (non-hydrogen) atoms. The molecule has 0 bridgehead atoms. The minimum absolute atomic E-state index is 0.00870. The number of aromatic hydroxyl groups is 1. The first-order chi connectivity index (χ1) is 12.9. The molecule has 3 rings (SSSR count). The van der Waals surface area contributed by atoms with Crippen molar-refractivity contribution in [3.8, 4) is 5.75 Å². The lowest BCUT2D eigenvalue weighted by molar-refractivity contribution is -0.129. The zero-order valence-electron chi connectivity index (χ0n) is 14.0. The molecule has 2 aromatic carbocycles. The minimum Gasteiger partial charge on any atom is -0.507 e. The molecule has 0 aliphatic carbocycles. The molecular formula is C19H15BrN2O4S. The summed E-state index contributed by atoms with van der Waals surface area (Å²) in [6.45, 7) is -0.0308. The van der Waals surface area contributed by atoms with E-state index in [4.69, 9.17) is 0 Å². The van der Waals surface area contributed by atoms with E-state index < -0.39 is 17.1 Å². The summed E-state index contributed by atoms with van der Waals surface area (Å²) >= 11 is 4.03. The number of carbonyl (C=O) groups excluding carboxylic acids is 3. The van der Waals surface area contributed by atoms with Crippen LogP contribution in [-0.2, 0) is 16.1 Å². The van der Waals surface area contributed by atoms with Gasteiger partial charge >= 0.3 is 0 Å². The van der Waals surface area contributed by atoms with Crippen LogP contribution < -0.4 is 5.32 Å². The number of nitrogens with one attached hydrogen (secondary N) is 1. The van der Waals surface area contributed by atoms with Crippen molar-refractivity contribution in [1.82, 2.24) is 10.2 Å². The van der Waals surface area contributed by atoms with Crippen LogP contribution in [0.2, 0.25) is 0 Å². The van der Waals surface area contributed by atoms with Gasteiger partial charge in [-0.25, -0.2) is 0 Å². The van der Waals surface area contributed by atoms with Gasteiger partial charge in [0.1, 0.15) is 12.3 Å². The molecule has 0 spiro atoms. The van der Waals surface area contributed by atoms with Crippen molar-refractivity contribution >= 4 is 50.8 Å². The van der Waals surface area contributed by atoms with Crippen LogP contribution in [0.4, 0.5) is 4.79 Å². The van der Waals surface area contributed by atoms with E-state index in [9.17, 15) is 19.5 Å². The van der Waals surface area contributed by atoms with Crippen LogP contribution in [-0.4, -0.2) is 33.6 Å². The monoisotopic (exact) mass is 446 g/mol. The largest absolute Gasteiger partial charge is 0.507 e. The number of hydrogen-bond donors (Lipinski definition) is 2. The second kappa shape index (κ2) is 8.41. The van der Waals surface area contributed by atoms with E-state index in [-0.39, 0.29) is 17.2 Å². The van der Waals surface area contributed by atoms with E-state index in [1.165, 1.54) is 12.1 Å². The van der Waals surface area contributed by atoms with E-state index >= 15 is 0 Å². The number of carbonyl (C=O) groups is 3. The minimum atomic E-state index is -0.556. The summed E-state index contributed by atoms with van der Waals surface area (Å²) in [5.41, 5.74) is 1.33. The zero-order valence-corrected chi connectivity index (χ0v) is 16.4. The molecule has 2 N–H and O–H groups in total. The Morgan fingerprint density at radius 3 is 2.67 bits per heavy atom. The predicted molar refractivity (Wildman–Crippen MR) is 107 cm³/mol. The van der Waals surface area contributed by atoms with Crippen LogP contribution in [0.15, 0.2) is 57.9 Å². The molecule has 0 unspecified atom stereocenters. The van der Waals surface area contributed by atoms with Gasteiger partial charge in [-0.2, -0.15) is 0 Å². The van der Waals surface area contributed by atoms with Gasteiger partial charge in [0, 0.05) is 16.6 Å². The van der Waals surface area contributed by atoms with Crippen LogP contribution in [0, 0.1) is 0 Å². The zero-order chi connectivity index (χ0) is 19.4. The first-order valence-corrected chi connectivity index (χ1v) is 9.59. The van der Waals surface area contributed by atoms with Crippen LogP contribution in [0.5, 0.6) is 5.75 Å². The third kappa shape index (κ3) is 4.78. The molecule has 138 valence electrons. The number of imide groups is 1. The molecule has 1 saturated heterocycles. The topological polar surface area (TPSA) is 86.7 Å². The van der Waals surface area contributed by atoms with Crippen LogP contribution in [0.25, 0.3) is 6.08 Å². The quantitative estimate of drug-likeness (QED) is 0.686. The van der Waals surface area contributed by atoms with E-state index in [2.05, 4.69) is 21.2 Å². The summed E-state index contributed by atoms with van der Waals surface area (Å²) in [6, 6.07) is 14.1. The second-order valence-electron chi connectivity index (χ2n) is 5.73. The number of phenols is 1. The van der Waals surface area contributed by atoms with E-state index in [1.54, 1.807) is 12.1 Å². The fourth-order valence-corrected chi connectivity index (χ4v) is 3.62. The molecule has 3 amide bonds. The molecule has 1 aliphatic heterocycles. The highest BCUT2D eigenvalue weighted by atomic mass is 79.9. The summed E-state index contributed by atoms with van der Waals surface area (Å²) in [7, 11) is 0. The summed E-state index contributed by atoms with van der Waals surface area (Å²) < 4.78 is 0.728. The fourth-order valence-electron chi connectivity index (χ4n) is 2.41. The van der Waals surface area contributed by atoms with Gasteiger partial charge in [-0.1, -0.05) is 46.3 Å². The first-order valence-electron chi connectivity index (χ1n) is 7.98. The molecule has 1 aliphatic rings. The Labute approximate surface area is 168 Å². The molecule has 1 fully saturated rings. The molecule has 8 heteroatoms. The number of nitrogens with zero attached hydrogens (tertiary/aromatic N) is 1. The Morgan fingerprint density at radius 2 is 1.93 bits per heavy atom. The van der Waals surface area contributed by atoms with Crippen molar-refractivity contribution in [2.45, 2.75) is 6.54 Å². The molecule has 6 nitrogen and oxygen atoms in total. The van der Waals surface area contributed by atoms with Gasteiger partial charge in [-0.05, 0) is 41.6 Å². The highest BCUT2D eigenvalue weighted by Gasteiger charge is 2.36. The molecule has 1 heterocycles. The maximum atomic E-state index is 12.5. The summed E-state index contributed by atoms with van der Waals surface area (Å²) in [6.07, 6.45) is 1.44. The van der Waals surface area contributed by atoms with Crippen LogP contribution >= 0.6 is 27.7 Å². The lowest BCUT2D eigenvalue weighted by Gasteiger charge is -2.12. The summed E-state index contributed by atoms with van der Waals surface area (Å²) in [5, 5.41) is 12.1. The van der Waals surface area contributed by atoms with Gasteiger partial charge in [-0.15, -0.1) is 0 Å². The molecule has 0 atom stereocenters. The predicted octanol–water partition coefficient (Wildman–Crippen LogP) is 3.51. The van der Waals surface area contributed by atoms with Gasteiger partial charge in [0.05, 0.1) is 4.91 Å².